The van der Waals surface area contributed by atoms with Crippen LogP contribution in [-0.2, 0) is 21.1 Å². The molecule has 0 aliphatic carbocycles. The first-order chi connectivity index (χ1) is 11.9. The van der Waals surface area contributed by atoms with Crippen LogP contribution in [0.4, 0.5) is 11.4 Å². The molecule has 0 amide bonds. The number of hydrogen-bond donors (Lipinski definition) is 4. The largest absolute Gasteiger partial charge is 0.481 e. The number of hydrazone groups is 1. The zero-order valence-corrected chi connectivity index (χ0v) is 14.0. The Bertz CT molecular complexity index is 910. The molecule has 0 fully saturated rings. The van der Waals surface area contributed by atoms with Crippen molar-refractivity contribution in [1.29, 1.82) is 0 Å². The molecule has 2 aromatic rings. The molecule has 132 valence electrons. The first kappa shape index (κ1) is 18.3. The second-order valence-electron chi connectivity index (χ2n) is 5.18. The van der Waals surface area contributed by atoms with Gasteiger partial charge in [0.05, 0.1) is 15.5 Å². The van der Waals surface area contributed by atoms with Gasteiger partial charge in [0.15, 0.2) is 0 Å². The van der Waals surface area contributed by atoms with Crippen LogP contribution in [0.15, 0.2) is 57.4 Å². The van der Waals surface area contributed by atoms with Crippen molar-refractivity contribution in [3.05, 3.63) is 48.0 Å². The summed E-state index contributed by atoms with van der Waals surface area (Å²) in [6.07, 6.45) is 1.25. The number of nitrogens with two attached hydrogens (primary N) is 2. The molecule has 2 rings (SSSR count). The highest BCUT2D eigenvalue weighted by Crippen LogP contribution is 2.30. The van der Waals surface area contributed by atoms with Gasteiger partial charge in [-0.15, -0.1) is 0 Å². The molecule has 0 aromatic heterocycles. The Labute approximate surface area is 145 Å². The molecule has 0 unspecified atom stereocenters. The molecule has 0 aliphatic heterocycles. The summed E-state index contributed by atoms with van der Waals surface area (Å²) < 4.78 is 25.8. The molecular weight excluding hydrogens is 344 g/mol. The molecular formula is C16H18N4O4S. The van der Waals surface area contributed by atoms with Crippen molar-refractivity contribution >= 4 is 33.5 Å². The number of anilines is 2. The third kappa shape index (κ3) is 4.27. The van der Waals surface area contributed by atoms with Crippen LogP contribution < -0.4 is 16.9 Å². The van der Waals surface area contributed by atoms with Crippen molar-refractivity contribution < 1.29 is 18.3 Å². The van der Waals surface area contributed by atoms with Gasteiger partial charge in [0, 0.05) is 12.1 Å². The van der Waals surface area contributed by atoms with E-state index in [0.717, 1.165) is 0 Å². The number of para-hydroxylation sites is 1. The van der Waals surface area contributed by atoms with Gasteiger partial charge in [0.2, 0.25) is 9.84 Å². The first-order valence-electron chi connectivity index (χ1n) is 7.29. The second kappa shape index (κ2) is 7.67. The number of carboxylic acids is 1. The maximum Gasteiger partial charge on any atom is 0.303 e. The predicted octanol–water partition coefficient (Wildman–Crippen LogP) is 1.43. The molecule has 9 heteroatoms. The van der Waals surface area contributed by atoms with Gasteiger partial charge < -0.3 is 22.0 Å². The van der Waals surface area contributed by atoms with E-state index < -0.39 is 15.8 Å². The van der Waals surface area contributed by atoms with Gasteiger partial charge >= 0.3 is 5.97 Å². The number of carbonyl (C=O) groups is 1. The smallest absolute Gasteiger partial charge is 0.303 e. The maximum absolute atomic E-state index is 12.9. The van der Waals surface area contributed by atoms with Crippen molar-refractivity contribution in [2.75, 3.05) is 11.1 Å². The van der Waals surface area contributed by atoms with E-state index in [9.17, 15) is 13.2 Å². The van der Waals surface area contributed by atoms with Crippen LogP contribution in [0.5, 0.6) is 0 Å². The fourth-order valence-electron chi connectivity index (χ4n) is 2.28. The molecule has 2 aromatic carbocycles. The summed E-state index contributed by atoms with van der Waals surface area (Å²) in [4.78, 5) is 10.7. The highest BCUT2D eigenvalue weighted by Gasteiger charge is 2.22. The Morgan fingerprint density at radius 3 is 2.64 bits per heavy atom. The third-order valence-corrected chi connectivity index (χ3v) is 5.31. The number of aliphatic carboxylic acids is 1. The standard InChI is InChI=1S/C16H18N4O4S/c17-16-11(7-8-15(21)22)3-1-6-14(16)25(23,24)13-5-2-4-12(9-13)19-10-20-18/h1-6,9-10H,7-8,17-18H2,(H,19,20)(H,21,22). The number of sulfone groups is 1. The van der Waals surface area contributed by atoms with E-state index in [1.54, 1.807) is 24.3 Å². The lowest BCUT2D eigenvalue weighted by atomic mass is 10.1. The van der Waals surface area contributed by atoms with Crippen LogP contribution in [-0.4, -0.2) is 25.8 Å². The first-order valence-corrected chi connectivity index (χ1v) is 8.77. The van der Waals surface area contributed by atoms with E-state index in [1.165, 1.54) is 24.5 Å². The van der Waals surface area contributed by atoms with E-state index in [0.29, 0.717) is 11.3 Å². The van der Waals surface area contributed by atoms with Gasteiger partial charge in [-0.25, -0.2) is 8.42 Å². The van der Waals surface area contributed by atoms with Crippen molar-refractivity contribution in [2.24, 2.45) is 10.9 Å². The third-order valence-electron chi connectivity index (χ3n) is 3.50. The van der Waals surface area contributed by atoms with E-state index in [-0.39, 0.29) is 28.3 Å². The molecule has 0 bridgehead atoms. The SMILES string of the molecule is NN=CNc1cccc(S(=O)(=O)c2cccc(CCC(=O)O)c2N)c1. The van der Waals surface area contributed by atoms with Gasteiger partial charge in [-0.2, -0.15) is 5.10 Å². The highest BCUT2D eigenvalue weighted by atomic mass is 32.2. The lowest BCUT2D eigenvalue weighted by Gasteiger charge is -2.12. The number of benzene rings is 2. The highest BCUT2D eigenvalue weighted by molar-refractivity contribution is 7.91. The average molecular weight is 362 g/mol. The fraction of sp³-hybridized carbons (Fsp3) is 0.125. The Morgan fingerprint density at radius 2 is 1.96 bits per heavy atom. The topological polar surface area (TPSA) is 148 Å². The normalized spacial score (nSPS) is 11.5. The number of aryl methyl sites for hydroxylation is 1. The number of hydrogen-bond acceptors (Lipinski definition) is 6. The Hall–Kier alpha value is -3.07. The summed E-state index contributed by atoms with van der Waals surface area (Å²) in [7, 11) is -3.87. The molecule has 0 saturated heterocycles. The van der Waals surface area contributed by atoms with Gasteiger partial charge in [0.25, 0.3) is 0 Å². The summed E-state index contributed by atoms with van der Waals surface area (Å²) in [6.45, 7) is 0. The minimum absolute atomic E-state index is 0.0463. The van der Waals surface area contributed by atoms with E-state index in [2.05, 4.69) is 10.4 Å². The van der Waals surface area contributed by atoms with Crippen molar-refractivity contribution in [2.45, 2.75) is 22.6 Å². The maximum atomic E-state index is 12.9. The van der Waals surface area contributed by atoms with E-state index >= 15 is 0 Å². The van der Waals surface area contributed by atoms with Crippen LogP contribution in [0.3, 0.4) is 0 Å². The van der Waals surface area contributed by atoms with Gasteiger partial charge in [-0.05, 0) is 36.2 Å². The number of nitrogen functional groups attached to an aromatic ring is 1. The quantitative estimate of drug-likeness (QED) is 0.191. The average Bonchev–Trinajstić information content (AvgIpc) is 2.59. The zero-order valence-electron chi connectivity index (χ0n) is 13.2. The Morgan fingerprint density at radius 1 is 1.24 bits per heavy atom. The monoisotopic (exact) mass is 362 g/mol. The predicted molar refractivity (Wildman–Crippen MR) is 95.0 cm³/mol. The van der Waals surface area contributed by atoms with Crippen LogP contribution in [0, 0.1) is 0 Å². The minimum atomic E-state index is -3.87. The van der Waals surface area contributed by atoms with Gasteiger partial charge in [-0.3, -0.25) is 4.79 Å². The number of rotatable bonds is 7. The molecule has 0 saturated carbocycles. The molecule has 8 nitrogen and oxygen atoms in total. The number of nitrogens with one attached hydrogen (secondary N) is 1. The summed E-state index contributed by atoms with van der Waals surface area (Å²) in [6, 6.07) is 10.7. The molecule has 0 spiro atoms. The van der Waals surface area contributed by atoms with Crippen molar-refractivity contribution in [3.8, 4) is 0 Å². The van der Waals surface area contributed by atoms with E-state index in [1.807, 2.05) is 0 Å². The second-order valence-corrected chi connectivity index (χ2v) is 7.09. The molecule has 0 atom stereocenters. The lowest BCUT2D eigenvalue weighted by Crippen LogP contribution is -2.09. The van der Waals surface area contributed by atoms with Gasteiger partial charge in [0.1, 0.15) is 6.34 Å². The minimum Gasteiger partial charge on any atom is -0.481 e. The molecule has 6 N–H and O–H groups in total. The Kier molecular flexibility index (Phi) is 5.60. The summed E-state index contributed by atoms with van der Waals surface area (Å²) >= 11 is 0. The van der Waals surface area contributed by atoms with Crippen molar-refractivity contribution in [3.63, 3.8) is 0 Å². The van der Waals surface area contributed by atoms with Crippen LogP contribution in [0.25, 0.3) is 0 Å². The zero-order chi connectivity index (χ0) is 18.4. The number of nitrogens with zero attached hydrogens (tertiary/aromatic N) is 1. The molecule has 0 heterocycles. The molecule has 25 heavy (non-hydrogen) atoms. The lowest BCUT2D eigenvalue weighted by molar-refractivity contribution is -0.136. The summed E-state index contributed by atoms with van der Waals surface area (Å²) in [5.41, 5.74) is 7.02. The van der Waals surface area contributed by atoms with Gasteiger partial charge in [-0.1, -0.05) is 18.2 Å². The van der Waals surface area contributed by atoms with Crippen LogP contribution in [0.2, 0.25) is 0 Å². The van der Waals surface area contributed by atoms with Crippen LogP contribution >= 0.6 is 0 Å². The number of carboxylic acid groups (broad SMARTS) is 1. The fourth-order valence-corrected chi connectivity index (χ4v) is 3.75. The summed E-state index contributed by atoms with van der Waals surface area (Å²) in [5.74, 6) is 4.03. The molecule has 0 aliphatic rings. The molecule has 0 radical (unpaired) electrons. The van der Waals surface area contributed by atoms with Crippen LogP contribution in [0.1, 0.15) is 12.0 Å². The van der Waals surface area contributed by atoms with Crippen molar-refractivity contribution in [1.82, 2.24) is 0 Å². The van der Waals surface area contributed by atoms with E-state index in [4.69, 9.17) is 16.7 Å². The Balaban J connectivity index is 2.43. The summed E-state index contributed by atoms with van der Waals surface area (Å²) in [5, 5.41) is 14.8.